The van der Waals surface area contributed by atoms with E-state index >= 15 is 0 Å². The lowest BCUT2D eigenvalue weighted by atomic mass is 10.1. The van der Waals surface area contributed by atoms with Crippen molar-refractivity contribution in [1.29, 1.82) is 0 Å². The van der Waals surface area contributed by atoms with Crippen LogP contribution in [0.5, 0.6) is 5.75 Å². The number of hydrogen-bond acceptors (Lipinski definition) is 4. The minimum absolute atomic E-state index is 0.0987. The van der Waals surface area contributed by atoms with Gasteiger partial charge in [0.15, 0.2) is 5.75 Å². The Kier molecular flexibility index (Phi) is 5.45. The molecule has 0 heterocycles. The number of amides is 1. The first-order chi connectivity index (χ1) is 8.61. The van der Waals surface area contributed by atoms with Crippen LogP contribution in [-0.4, -0.2) is 40.7 Å². The highest BCUT2D eigenvalue weighted by molar-refractivity contribution is 5.98. The Labute approximate surface area is 107 Å². The van der Waals surface area contributed by atoms with Crippen molar-refractivity contribution in [2.24, 2.45) is 0 Å². The van der Waals surface area contributed by atoms with Crippen molar-refractivity contribution >= 4 is 11.6 Å². The smallest absolute Gasteiger partial charge is 0.257 e. The van der Waals surface area contributed by atoms with Crippen LogP contribution in [0.1, 0.15) is 30.1 Å². The van der Waals surface area contributed by atoms with Crippen LogP contribution in [0.3, 0.4) is 0 Å². The number of carbonyl (C=O) groups excluding carboxylic acids is 1. The average Bonchev–Trinajstić information content (AvgIpc) is 2.37. The molecular formula is C13H20N2O3. The number of para-hydroxylation sites is 1. The third kappa shape index (κ3) is 3.37. The second-order valence-electron chi connectivity index (χ2n) is 4.11. The maximum atomic E-state index is 12.2. The molecule has 1 rings (SSSR count). The molecule has 0 radical (unpaired) electrons. The molecule has 5 nitrogen and oxygen atoms in total. The summed E-state index contributed by atoms with van der Waals surface area (Å²) in [7, 11) is 0. The van der Waals surface area contributed by atoms with Crippen LogP contribution in [-0.2, 0) is 0 Å². The molecule has 0 saturated heterocycles. The van der Waals surface area contributed by atoms with Crippen LogP contribution in [0, 0.1) is 0 Å². The molecule has 0 aliphatic rings. The molecule has 18 heavy (non-hydrogen) atoms. The van der Waals surface area contributed by atoms with Gasteiger partial charge in [-0.2, -0.15) is 0 Å². The van der Waals surface area contributed by atoms with Gasteiger partial charge >= 0.3 is 0 Å². The molecule has 0 aromatic heterocycles. The Morgan fingerprint density at radius 2 is 2.11 bits per heavy atom. The van der Waals surface area contributed by atoms with Gasteiger partial charge in [-0.1, -0.05) is 19.4 Å². The molecule has 4 N–H and O–H groups in total. The number of phenolic OH excluding ortho intramolecular Hbond substituents is 1. The molecule has 0 aliphatic carbocycles. The van der Waals surface area contributed by atoms with Crippen LogP contribution in [0.25, 0.3) is 0 Å². The second-order valence-corrected chi connectivity index (χ2v) is 4.11. The van der Waals surface area contributed by atoms with E-state index in [1.165, 1.54) is 17.0 Å². The summed E-state index contributed by atoms with van der Waals surface area (Å²) in [6.45, 7) is 2.75. The second kappa shape index (κ2) is 6.86. The quantitative estimate of drug-likeness (QED) is 0.524. The maximum absolute atomic E-state index is 12.2. The molecule has 1 amide bonds. The summed E-state index contributed by atoms with van der Waals surface area (Å²) < 4.78 is 0. The Balaban J connectivity index is 2.90. The molecule has 1 aromatic rings. The van der Waals surface area contributed by atoms with E-state index in [0.29, 0.717) is 6.54 Å². The van der Waals surface area contributed by atoms with Crippen molar-refractivity contribution in [3.05, 3.63) is 23.8 Å². The Bertz CT molecular complexity index is 407. The number of aliphatic hydroxyl groups is 1. The minimum Gasteiger partial charge on any atom is -0.505 e. The first-order valence-electron chi connectivity index (χ1n) is 6.09. The van der Waals surface area contributed by atoms with E-state index in [0.717, 1.165) is 12.8 Å². The highest BCUT2D eigenvalue weighted by atomic mass is 16.3. The zero-order valence-electron chi connectivity index (χ0n) is 10.6. The number of aliphatic hydroxyl groups excluding tert-OH is 1. The fourth-order valence-electron chi connectivity index (χ4n) is 1.69. The van der Waals surface area contributed by atoms with Crippen LogP contribution in [0.15, 0.2) is 18.2 Å². The van der Waals surface area contributed by atoms with E-state index < -0.39 is 0 Å². The number of nitrogens with two attached hydrogens (primary N) is 1. The van der Waals surface area contributed by atoms with Crippen LogP contribution < -0.4 is 5.73 Å². The number of unbranched alkanes of at least 4 members (excludes halogenated alkanes) is 1. The van der Waals surface area contributed by atoms with Gasteiger partial charge in [0.25, 0.3) is 5.91 Å². The summed E-state index contributed by atoms with van der Waals surface area (Å²) in [6, 6.07) is 4.69. The molecule has 0 aliphatic heterocycles. The number of nitrogen functional groups attached to an aromatic ring is 1. The number of nitrogens with zero attached hydrogens (tertiary/aromatic N) is 1. The van der Waals surface area contributed by atoms with Gasteiger partial charge in [0, 0.05) is 13.1 Å². The summed E-state index contributed by atoms with van der Waals surface area (Å²) >= 11 is 0. The zero-order valence-corrected chi connectivity index (χ0v) is 10.6. The van der Waals surface area contributed by atoms with Gasteiger partial charge in [-0.3, -0.25) is 4.79 Å². The van der Waals surface area contributed by atoms with Gasteiger partial charge in [-0.25, -0.2) is 0 Å². The van der Waals surface area contributed by atoms with Crippen molar-refractivity contribution in [3.8, 4) is 5.75 Å². The summed E-state index contributed by atoms with van der Waals surface area (Å²) in [5.41, 5.74) is 5.92. The summed E-state index contributed by atoms with van der Waals surface area (Å²) in [4.78, 5) is 13.7. The SMILES string of the molecule is CCCCN(CCO)C(=O)c1cccc(N)c1O. The lowest BCUT2D eigenvalue weighted by Crippen LogP contribution is -2.34. The number of aromatic hydroxyl groups is 1. The van der Waals surface area contributed by atoms with Crippen molar-refractivity contribution in [2.75, 3.05) is 25.4 Å². The van der Waals surface area contributed by atoms with E-state index in [2.05, 4.69) is 0 Å². The summed E-state index contributed by atoms with van der Waals surface area (Å²) in [6.07, 6.45) is 1.81. The Hall–Kier alpha value is -1.75. The lowest BCUT2D eigenvalue weighted by Gasteiger charge is -2.22. The Morgan fingerprint density at radius 3 is 2.72 bits per heavy atom. The largest absolute Gasteiger partial charge is 0.505 e. The van der Waals surface area contributed by atoms with Crippen molar-refractivity contribution in [2.45, 2.75) is 19.8 Å². The van der Waals surface area contributed by atoms with Gasteiger partial charge < -0.3 is 20.8 Å². The van der Waals surface area contributed by atoms with E-state index in [4.69, 9.17) is 10.8 Å². The normalized spacial score (nSPS) is 10.3. The van der Waals surface area contributed by atoms with E-state index in [1.807, 2.05) is 6.92 Å². The first kappa shape index (κ1) is 14.3. The molecule has 0 saturated carbocycles. The fraction of sp³-hybridized carbons (Fsp3) is 0.462. The molecule has 100 valence electrons. The van der Waals surface area contributed by atoms with Crippen LogP contribution in [0.4, 0.5) is 5.69 Å². The fourth-order valence-corrected chi connectivity index (χ4v) is 1.69. The van der Waals surface area contributed by atoms with E-state index in [-0.39, 0.29) is 36.1 Å². The number of phenols is 1. The van der Waals surface area contributed by atoms with Gasteiger partial charge in [0.1, 0.15) is 0 Å². The minimum atomic E-state index is -0.303. The Morgan fingerprint density at radius 1 is 1.39 bits per heavy atom. The molecule has 5 heteroatoms. The monoisotopic (exact) mass is 252 g/mol. The highest BCUT2D eigenvalue weighted by Gasteiger charge is 2.19. The standard InChI is InChI=1S/C13H20N2O3/c1-2-3-7-15(8-9-16)13(18)10-5-4-6-11(14)12(10)17/h4-6,16-17H,2-3,7-9,14H2,1H3. The third-order valence-corrected chi connectivity index (χ3v) is 2.74. The predicted molar refractivity (Wildman–Crippen MR) is 70.4 cm³/mol. The predicted octanol–water partition coefficient (Wildman–Crippen LogP) is 1.21. The molecule has 0 unspecified atom stereocenters. The third-order valence-electron chi connectivity index (χ3n) is 2.74. The molecule has 0 bridgehead atoms. The molecule has 0 fully saturated rings. The number of anilines is 1. The topological polar surface area (TPSA) is 86.8 Å². The van der Waals surface area contributed by atoms with E-state index in [1.54, 1.807) is 6.07 Å². The van der Waals surface area contributed by atoms with E-state index in [9.17, 15) is 9.90 Å². The van der Waals surface area contributed by atoms with Gasteiger partial charge in [-0.15, -0.1) is 0 Å². The lowest BCUT2D eigenvalue weighted by molar-refractivity contribution is 0.0716. The average molecular weight is 252 g/mol. The number of carbonyl (C=O) groups is 1. The zero-order chi connectivity index (χ0) is 13.5. The maximum Gasteiger partial charge on any atom is 0.257 e. The van der Waals surface area contributed by atoms with Crippen molar-refractivity contribution in [1.82, 2.24) is 4.90 Å². The van der Waals surface area contributed by atoms with Crippen LogP contribution in [0.2, 0.25) is 0 Å². The van der Waals surface area contributed by atoms with Gasteiger partial charge in [-0.05, 0) is 18.6 Å². The van der Waals surface area contributed by atoms with Crippen LogP contribution >= 0.6 is 0 Å². The molecule has 0 spiro atoms. The van der Waals surface area contributed by atoms with Crippen molar-refractivity contribution < 1.29 is 15.0 Å². The molecule has 1 aromatic carbocycles. The molecule has 0 atom stereocenters. The van der Waals surface area contributed by atoms with Gasteiger partial charge in [0.2, 0.25) is 0 Å². The first-order valence-corrected chi connectivity index (χ1v) is 6.09. The number of rotatable bonds is 6. The van der Waals surface area contributed by atoms with Crippen molar-refractivity contribution in [3.63, 3.8) is 0 Å². The molecular weight excluding hydrogens is 232 g/mol. The summed E-state index contributed by atoms with van der Waals surface area (Å²) in [5, 5.41) is 18.8. The number of hydrogen-bond donors (Lipinski definition) is 3. The summed E-state index contributed by atoms with van der Waals surface area (Å²) in [5.74, 6) is -0.496. The van der Waals surface area contributed by atoms with Gasteiger partial charge in [0.05, 0.1) is 17.9 Å². The highest BCUT2D eigenvalue weighted by Crippen LogP contribution is 2.25. The number of benzene rings is 1.